The highest BCUT2D eigenvalue weighted by atomic mass is 16.2. The fraction of sp³-hybridized carbons (Fsp3) is 0.562. The fourth-order valence-corrected chi connectivity index (χ4v) is 2.84. The molecule has 1 heterocycles. The fourth-order valence-electron chi connectivity index (χ4n) is 2.84. The van der Waals surface area contributed by atoms with Crippen molar-refractivity contribution in [3.05, 3.63) is 29.3 Å². The number of anilines is 1. The van der Waals surface area contributed by atoms with E-state index < -0.39 is 0 Å². The van der Waals surface area contributed by atoms with Crippen LogP contribution < -0.4 is 10.2 Å². The molecule has 1 aliphatic rings. The van der Waals surface area contributed by atoms with Crippen LogP contribution in [0.1, 0.15) is 37.3 Å². The van der Waals surface area contributed by atoms with E-state index in [1.807, 2.05) is 4.90 Å². The molecule has 3 nitrogen and oxygen atoms in total. The Morgan fingerprint density at radius 2 is 2.00 bits per heavy atom. The van der Waals surface area contributed by atoms with Crippen molar-refractivity contribution in [3.8, 4) is 0 Å². The van der Waals surface area contributed by atoms with Gasteiger partial charge in [0.1, 0.15) is 0 Å². The van der Waals surface area contributed by atoms with E-state index in [0.29, 0.717) is 0 Å². The van der Waals surface area contributed by atoms with Crippen molar-refractivity contribution in [2.75, 3.05) is 18.0 Å². The van der Waals surface area contributed by atoms with Gasteiger partial charge in [-0.15, -0.1) is 0 Å². The van der Waals surface area contributed by atoms with Crippen LogP contribution in [0.4, 0.5) is 5.69 Å². The van der Waals surface area contributed by atoms with E-state index in [0.717, 1.165) is 38.0 Å². The van der Waals surface area contributed by atoms with Crippen LogP contribution in [0.5, 0.6) is 0 Å². The zero-order valence-corrected chi connectivity index (χ0v) is 12.2. The van der Waals surface area contributed by atoms with Crippen LogP contribution >= 0.6 is 0 Å². The van der Waals surface area contributed by atoms with Crippen molar-refractivity contribution in [3.63, 3.8) is 0 Å². The molecular weight excluding hydrogens is 236 g/mol. The Labute approximate surface area is 116 Å². The van der Waals surface area contributed by atoms with E-state index in [1.54, 1.807) is 0 Å². The Bertz CT molecular complexity index is 436. The van der Waals surface area contributed by atoms with Crippen molar-refractivity contribution in [2.45, 2.75) is 46.1 Å². The molecule has 1 unspecified atom stereocenters. The maximum Gasteiger partial charge on any atom is 0.244 e. The number of para-hydroxylation sites is 1. The third-order valence-corrected chi connectivity index (χ3v) is 3.79. The summed E-state index contributed by atoms with van der Waals surface area (Å²) in [4.78, 5) is 14.6. The van der Waals surface area contributed by atoms with Crippen molar-refractivity contribution in [2.24, 2.45) is 0 Å². The minimum atomic E-state index is -0.00675. The van der Waals surface area contributed by atoms with Gasteiger partial charge in [-0.2, -0.15) is 0 Å². The number of nitrogens with one attached hydrogen (secondary N) is 1. The monoisotopic (exact) mass is 260 g/mol. The van der Waals surface area contributed by atoms with Crippen molar-refractivity contribution >= 4 is 11.6 Å². The van der Waals surface area contributed by atoms with E-state index in [2.05, 4.69) is 44.3 Å². The van der Waals surface area contributed by atoms with Crippen LogP contribution in [0.2, 0.25) is 0 Å². The summed E-state index contributed by atoms with van der Waals surface area (Å²) in [6.45, 7) is 8.05. The maximum atomic E-state index is 12.6. The number of carbonyl (C=O) groups is 1. The molecule has 1 fully saturated rings. The largest absolute Gasteiger partial charge is 0.311 e. The van der Waals surface area contributed by atoms with Gasteiger partial charge in [0.15, 0.2) is 0 Å². The topological polar surface area (TPSA) is 32.3 Å². The third-order valence-electron chi connectivity index (χ3n) is 3.79. The van der Waals surface area contributed by atoms with Crippen LogP contribution in [0.3, 0.4) is 0 Å². The summed E-state index contributed by atoms with van der Waals surface area (Å²) in [6.07, 6.45) is 3.09. The molecule has 1 saturated heterocycles. The summed E-state index contributed by atoms with van der Waals surface area (Å²) < 4.78 is 0. The molecule has 1 aromatic rings. The minimum absolute atomic E-state index is 0.00675. The highest BCUT2D eigenvalue weighted by Crippen LogP contribution is 2.28. The summed E-state index contributed by atoms with van der Waals surface area (Å²) in [5.74, 6) is 0.233. The summed E-state index contributed by atoms with van der Waals surface area (Å²) in [6, 6.07) is 6.21. The molecule has 1 amide bonds. The molecule has 1 atom stereocenters. The Kier molecular flexibility index (Phi) is 4.59. The van der Waals surface area contributed by atoms with Crippen LogP contribution in [-0.2, 0) is 4.79 Å². The summed E-state index contributed by atoms with van der Waals surface area (Å²) in [5, 5.41) is 3.37. The van der Waals surface area contributed by atoms with E-state index in [-0.39, 0.29) is 11.9 Å². The summed E-state index contributed by atoms with van der Waals surface area (Å²) in [5.41, 5.74) is 3.48. The molecule has 0 saturated carbocycles. The SMILES string of the molecule is CCCNC1CCCN(c2c(C)cccc2C)C1=O. The van der Waals surface area contributed by atoms with Gasteiger partial charge < -0.3 is 10.2 Å². The van der Waals surface area contributed by atoms with Gasteiger partial charge in [0, 0.05) is 12.2 Å². The number of aryl methyl sites for hydroxylation is 2. The van der Waals surface area contributed by atoms with Crippen molar-refractivity contribution in [1.82, 2.24) is 5.32 Å². The van der Waals surface area contributed by atoms with Crippen molar-refractivity contribution < 1.29 is 4.79 Å². The first kappa shape index (κ1) is 14.1. The number of piperidine rings is 1. The number of rotatable bonds is 4. The van der Waals surface area contributed by atoms with Gasteiger partial charge in [-0.1, -0.05) is 25.1 Å². The average Bonchev–Trinajstić information content (AvgIpc) is 2.39. The predicted octanol–water partition coefficient (Wildman–Crippen LogP) is 2.80. The zero-order chi connectivity index (χ0) is 13.8. The Morgan fingerprint density at radius 3 is 2.63 bits per heavy atom. The molecule has 3 heteroatoms. The molecule has 0 aliphatic carbocycles. The van der Waals surface area contributed by atoms with Gasteiger partial charge in [0.05, 0.1) is 6.04 Å². The number of hydrogen-bond donors (Lipinski definition) is 1. The van der Waals surface area contributed by atoms with Crippen LogP contribution in [0.15, 0.2) is 18.2 Å². The van der Waals surface area contributed by atoms with E-state index in [4.69, 9.17) is 0 Å². The highest BCUT2D eigenvalue weighted by Gasteiger charge is 2.30. The second-order valence-corrected chi connectivity index (χ2v) is 5.38. The molecule has 1 N–H and O–H groups in total. The molecule has 1 aromatic carbocycles. The quantitative estimate of drug-likeness (QED) is 0.903. The zero-order valence-electron chi connectivity index (χ0n) is 12.2. The average molecular weight is 260 g/mol. The molecule has 2 rings (SSSR count). The Hall–Kier alpha value is -1.35. The minimum Gasteiger partial charge on any atom is -0.311 e. The number of hydrogen-bond acceptors (Lipinski definition) is 2. The smallest absolute Gasteiger partial charge is 0.244 e. The number of benzene rings is 1. The van der Waals surface area contributed by atoms with Gasteiger partial charge in [-0.25, -0.2) is 0 Å². The third kappa shape index (κ3) is 2.98. The lowest BCUT2D eigenvalue weighted by atomic mass is 10.0. The standard InChI is InChI=1S/C16H24N2O/c1-4-10-17-14-9-6-11-18(16(14)19)15-12(2)7-5-8-13(15)3/h5,7-8,14,17H,4,6,9-11H2,1-3H3. The maximum absolute atomic E-state index is 12.6. The molecule has 1 aliphatic heterocycles. The molecular formula is C16H24N2O. The van der Waals surface area contributed by atoms with Gasteiger partial charge in [0.2, 0.25) is 5.91 Å². The van der Waals surface area contributed by atoms with Gasteiger partial charge in [-0.3, -0.25) is 4.79 Å². The van der Waals surface area contributed by atoms with Crippen molar-refractivity contribution in [1.29, 1.82) is 0 Å². The molecule has 19 heavy (non-hydrogen) atoms. The predicted molar refractivity (Wildman–Crippen MR) is 79.6 cm³/mol. The molecule has 0 bridgehead atoms. The van der Waals surface area contributed by atoms with Gasteiger partial charge in [0.25, 0.3) is 0 Å². The number of nitrogens with zero attached hydrogens (tertiary/aromatic N) is 1. The highest BCUT2D eigenvalue weighted by molar-refractivity contribution is 5.99. The lowest BCUT2D eigenvalue weighted by Gasteiger charge is -2.34. The molecule has 104 valence electrons. The first-order valence-electron chi connectivity index (χ1n) is 7.26. The van der Waals surface area contributed by atoms with E-state index >= 15 is 0 Å². The van der Waals surface area contributed by atoms with Crippen LogP contribution in [0.25, 0.3) is 0 Å². The first-order chi connectivity index (χ1) is 9.15. The molecule has 0 spiro atoms. The first-order valence-corrected chi connectivity index (χ1v) is 7.26. The Balaban J connectivity index is 2.22. The van der Waals surface area contributed by atoms with Crippen LogP contribution in [0, 0.1) is 13.8 Å². The lowest BCUT2D eigenvalue weighted by molar-refractivity contribution is -0.121. The van der Waals surface area contributed by atoms with E-state index in [9.17, 15) is 4.79 Å². The lowest BCUT2D eigenvalue weighted by Crippen LogP contribution is -2.51. The number of carbonyl (C=O) groups excluding carboxylic acids is 1. The molecule has 0 radical (unpaired) electrons. The van der Waals surface area contributed by atoms with Crippen LogP contribution in [-0.4, -0.2) is 25.0 Å². The Morgan fingerprint density at radius 1 is 1.32 bits per heavy atom. The second-order valence-electron chi connectivity index (χ2n) is 5.38. The normalized spacial score (nSPS) is 19.8. The van der Waals surface area contributed by atoms with E-state index in [1.165, 1.54) is 11.1 Å². The molecule has 0 aromatic heterocycles. The second kappa shape index (κ2) is 6.20. The van der Waals surface area contributed by atoms with Gasteiger partial charge >= 0.3 is 0 Å². The summed E-state index contributed by atoms with van der Waals surface area (Å²) in [7, 11) is 0. The van der Waals surface area contributed by atoms with Gasteiger partial charge in [-0.05, 0) is 50.8 Å². The summed E-state index contributed by atoms with van der Waals surface area (Å²) >= 11 is 0. The number of amides is 1.